The highest BCUT2D eigenvalue weighted by molar-refractivity contribution is 6.34. The van der Waals surface area contributed by atoms with E-state index in [-0.39, 0.29) is 39.3 Å². The number of aliphatic carboxylic acids is 1. The first-order valence-corrected chi connectivity index (χ1v) is 12.1. The zero-order valence-electron chi connectivity index (χ0n) is 20.6. The first-order valence-electron chi connectivity index (χ1n) is 11.7. The number of nitrogens with one attached hydrogen (secondary N) is 1. The topological polar surface area (TPSA) is 138 Å². The van der Waals surface area contributed by atoms with Crippen LogP contribution in [0, 0.1) is 28.9 Å². The first kappa shape index (κ1) is 27.5. The molecule has 1 fully saturated rings. The summed E-state index contributed by atoms with van der Waals surface area (Å²) in [7, 11) is 1.46. The number of carboxylic acid groups (broad SMARTS) is 1. The summed E-state index contributed by atoms with van der Waals surface area (Å²) in [5.74, 6) is -5.37. The van der Waals surface area contributed by atoms with Crippen LogP contribution in [0.1, 0.15) is 33.8 Å². The number of amides is 2. The molecule has 0 saturated carbocycles. The fourth-order valence-corrected chi connectivity index (χ4v) is 4.54. The average Bonchev–Trinajstić information content (AvgIpc) is 3.30. The average molecular weight is 558 g/mol. The van der Waals surface area contributed by atoms with E-state index < -0.39 is 41.8 Å². The number of carbonyl (C=O) groups is 3. The van der Waals surface area contributed by atoms with E-state index >= 15 is 0 Å². The highest BCUT2D eigenvalue weighted by Gasteiger charge is 2.28. The molecule has 1 aliphatic heterocycles. The minimum absolute atomic E-state index is 0.0925. The van der Waals surface area contributed by atoms with Crippen LogP contribution in [0.25, 0.3) is 11.3 Å². The van der Waals surface area contributed by atoms with Gasteiger partial charge in [-0.05, 0) is 43.2 Å². The quantitative estimate of drug-likeness (QED) is 0.446. The van der Waals surface area contributed by atoms with Crippen LogP contribution in [-0.4, -0.2) is 57.0 Å². The van der Waals surface area contributed by atoms with Gasteiger partial charge in [0.05, 0.1) is 28.4 Å². The van der Waals surface area contributed by atoms with Crippen molar-refractivity contribution in [3.8, 4) is 23.1 Å². The van der Waals surface area contributed by atoms with Crippen LogP contribution in [0.2, 0.25) is 5.02 Å². The number of carboxylic acids is 1. The summed E-state index contributed by atoms with van der Waals surface area (Å²) in [6.07, 6.45) is 1.92. The van der Waals surface area contributed by atoms with Crippen LogP contribution < -0.4 is 10.1 Å². The van der Waals surface area contributed by atoms with Gasteiger partial charge < -0.3 is 24.6 Å². The molecule has 4 rings (SSSR count). The van der Waals surface area contributed by atoms with Crippen molar-refractivity contribution in [3.63, 3.8) is 0 Å². The van der Waals surface area contributed by atoms with Gasteiger partial charge in [0.1, 0.15) is 6.07 Å². The summed E-state index contributed by atoms with van der Waals surface area (Å²) in [5.41, 5.74) is 0.438. The Kier molecular flexibility index (Phi) is 8.11. The molecule has 0 bridgehead atoms. The van der Waals surface area contributed by atoms with E-state index in [1.54, 1.807) is 11.0 Å². The van der Waals surface area contributed by atoms with Crippen molar-refractivity contribution in [2.75, 3.05) is 25.0 Å². The molecule has 0 aliphatic carbocycles. The smallest absolute Gasteiger partial charge is 0.306 e. The molecule has 2 amide bonds. The lowest BCUT2D eigenvalue weighted by Crippen LogP contribution is -2.40. The highest BCUT2D eigenvalue weighted by Crippen LogP contribution is 2.31. The molecule has 1 aromatic heterocycles. The van der Waals surface area contributed by atoms with Gasteiger partial charge in [0.2, 0.25) is 5.82 Å². The third kappa shape index (κ3) is 5.68. The molecular formula is C26H22ClF2N5O5. The van der Waals surface area contributed by atoms with Crippen molar-refractivity contribution < 1.29 is 33.0 Å². The molecule has 0 atom stereocenters. The van der Waals surface area contributed by atoms with Crippen molar-refractivity contribution in [3.05, 3.63) is 64.6 Å². The van der Waals surface area contributed by atoms with Crippen molar-refractivity contribution in [2.24, 2.45) is 13.0 Å². The van der Waals surface area contributed by atoms with Gasteiger partial charge in [-0.25, -0.2) is 9.37 Å². The fourth-order valence-electron chi connectivity index (χ4n) is 4.27. The van der Waals surface area contributed by atoms with Crippen molar-refractivity contribution in [2.45, 2.75) is 12.8 Å². The number of halogens is 3. The standard InChI is InChI=1S/C26H22ClF2N5O5/c1-33-19(17-4-5-20(39-11-8-30)22(29)21(17)28)13-31-23(33)24(35)32-15-2-3-16(18(27)12-15)25(36)34-9-6-14(7-10-34)26(37)38/h2-5,12-14H,6-7,9-11H2,1H3,(H,32,35)(H,37,38). The normalized spacial score (nSPS) is 13.6. The van der Waals surface area contributed by atoms with Crippen LogP contribution in [0.15, 0.2) is 36.5 Å². The molecule has 0 spiro atoms. The molecule has 2 aromatic carbocycles. The van der Waals surface area contributed by atoms with Gasteiger partial charge >= 0.3 is 5.97 Å². The molecule has 1 aliphatic rings. The Bertz CT molecular complexity index is 1490. The van der Waals surface area contributed by atoms with E-state index in [0.717, 1.165) is 0 Å². The molecule has 0 radical (unpaired) electrons. The van der Waals surface area contributed by atoms with E-state index in [0.29, 0.717) is 25.9 Å². The summed E-state index contributed by atoms with van der Waals surface area (Å²) in [5, 5.41) is 20.4. The molecule has 2 N–H and O–H groups in total. The van der Waals surface area contributed by atoms with E-state index in [1.165, 1.54) is 48.1 Å². The maximum Gasteiger partial charge on any atom is 0.306 e. The molecule has 0 unspecified atom stereocenters. The molecule has 1 saturated heterocycles. The van der Waals surface area contributed by atoms with Crippen LogP contribution in [0.3, 0.4) is 0 Å². The van der Waals surface area contributed by atoms with Crippen molar-refractivity contribution >= 4 is 35.1 Å². The van der Waals surface area contributed by atoms with Gasteiger partial charge in [-0.3, -0.25) is 14.4 Å². The second-order valence-corrected chi connectivity index (χ2v) is 9.17. The monoisotopic (exact) mass is 557 g/mol. The van der Waals surface area contributed by atoms with Gasteiger partial charge in [0, 0.05) is 31.4 Å². The van der Waals surface area contributed by atoms with E-state index in [2.05, 4.69) is 10.3 Å². The Morgan fingerprint density at radius 3 is 2.56 bits per heavy atom. The number of nitrogens with zero attached hydrogens (tertiary/aromatic N) is 4. The number of nitriles is 1. The lowest BCUT2D eigenvalue weighted by atomic mass is 9.96. The summed E-state index contributed by atoms with van der Waals surface area (Å²) in [4.78, 5) is 42.5. The Balaban J connectivity index is 1.47. The lowest BCUT2D eigenvalue weighted by Gasteiger charge is -2.30. The second kappa shape index (κ2) is 11.5. The number of imidazole rings is 1. The summed E-state index contributed by atoms with van der Waals surface area (Å²) < 4.78 is 35.2. The SMILES string of the molecule is Cn1c(-c2ccc(OCC#N)c(F)c2F)cnc1C(=O)Nc1ccc(C(=O)N2CCC(C(=O)O)CC2)c(Cl)c1. The minimum Gasteiger partial charge on any atom is -0.481 e. The van der Waals surface area contributed by atoms with Crippen molar-refractivity contribution in [1.82, 2.24) is 14.5 Å². The lowest BCUT2D eigenvalue weighted by molar-refractivity contribution is -0.143. The van der Waals surface area contributed by atoms with Crippen LogP contribution in [-0.2, 0) is 11.8 Å². The molecule has 3 aromatic rings. The third-order valence-electron chi connectivity index (χ3n) is 6.40. The zero-order chi connectivity index (χ0) is 28.3. The number of benzene rings is 2. The van der Waals surface area contributed by atoms with Crippen LogP contribution >= 0.6 is 11.6 Å². The number of piperidine rings is 1. The Hall–Kier alpha value is -4.50. The minimum atomic E-state index is -1.27. The van der Waals surface area contributed by atoms with Gasteiger partial charge in [-0.2, -0.15) is 9.65 Å². The molecule has 13 heteroatoms. The van der Waals surface area contributed by atoms with Gasteiger partial charge in [-0.1, -0.05) is 11.6 Å². The molecule has 2 heterocycles. The summed E-state index contributed by atoms with van der Waals surface area (Å²) in [6, 6.07) is 8.45. The Morgan fingerprint density at radius 2 is 1.92 bits per heavy atom. The highest BCUT2D eigenvalue weighted by atomic mass is 35.5. The number of ether oxygens (including phenoxy) is 1. The van der Waals surface area contributed by atoms with Crippen molar-refractivity contribution in [1.29, 1.82) is 5.26 Å². The van der Waals surface area contributed by atoms with E-state index in [1.807, 2.05) is 0 Å². The van der Waals surface area contributed by atoms with E-state index in [9.17, 15) is 23.2 Å². The van der Waals surface area contributed by atoms with Crippen LogP contribution in [0.4, 0.5) is 14.5 Å². The second-order valence-electron chi connectivity index (χ2n) is 8.77. The predicted octanol–water partition coefficient (Wildman–Crippen LogP) is 4.11. The van der Waals surface area contributed by atoms with Gasteiger partial charge in [0.25, 0.3) is 11.8 Å². The number of hydrogen-bond acceptors (Lipinski definition) is 6. The fraction of sp³-hybridized carbons (Fsp3) is 0.269. The maximum absolute atomic E-state index is 14.7. The Morgan fingerprint density at radius 1 is 1.21 bits per heavy atom. The maximum atomic E-state index is 14.7. The number of likely N-dealkylation sites (tertiary alicyclic amines) is 1. The molecular weight excluding hydrogens is 536 g/mol. The molecule has 39 heavy (non-hydrogen) atoms. The third-order valence-corrected chi connectivity index (χ3v) is 6.71. The largest absolute Gasteiger partial charge is 0.481 e. The Labute approximate surface area is 226 Å². The van der Waals surface area contributed by atoms with E-state index in [4.69, 9.17) is 26.7 Å². The van der Waals surface area contributed by atoms with Crippen LogP contribution in [0.5, 0.6) is 5.75 Å². The zero-order valence-corrected chi connectivity index (χ0v) is 21.3. The summed E-state index contributed by atoms with van der Waals surface area (Å²) in [6.45, 7) is 0.148. The predicted molar refractivity (Wildman–Crippen MR) is 135 cm³/mol. The summed E-state index contributed by atoms with van der Waals surface area (Å²) >= 11 is 6.33. The molecule has 10 nitrogen and oxygen atoms in total. The number of anilines is 1. The number of hydrogen-bond donors (Lipinski definition) is 2. The number of aromatic nitrogens is 2. The first-order chi connectivity index (χ1) is 18.6. The number of carbonyl (C=O) groups excluding carboxylic acids is 2. The van der Waals surface area contributed by atoms with Gasteiger partial charge in [-0.15, -0.1) is 0 Å². The van der Waals surface area contributed by atoms with Gasteiger partial charge in [0.15, 0.2) is 24.0 Å². The number of rotatable bonds is 7. The molecule has 202 valence electrons.